The fraction of sp³-hybridized carbons (Fsp3) is 0.348. The number of amides is 3. The van der Waals surface area contributed by atoms with E-state index in [0.29, 0.717) is 52.1 Å². The van der Waals surface area contributed by atoms with Crippen molar-refractivity contribution >= 4 is 64.1 Å². The Morgan fingerprint density at radius 3 is 2.18 bits per heavy atom. The van der Waals surface area contributed by atoms with Crippen LogP contribution in [0.1, 0.15) is 41.3 Å². The molecule has 3 N–H and O–H groups in total. The molecule has 3 amide bonds. The Morgan fingerprint density at radius 2 is 1.56 bits per heavy atom. The van der Waals surface area contributed by atoms with E-state index in [4.69, 9.17) is 46.4 Å². The van der Waals surface area contributed by atoms with Crippen LogP contribution in [0, 0.1) is 0 Å². The van der Waals surface area contributed by atoms with Crippen LogP contribution in [0.15, 0.2) is 36.4 Å². The monoisotopic (exact) mass is 545 g/mol. The van der Waals surface area contributed by atoms with Gasteiger partial charge in [0.1, 0.15) is 0 Å². The molecule has 0 radical (unpaired) electrons. The zero-order valence-electron chi connectivity index (χ0n) is 18.0. The van der Waals surface area contributed by atoms with E-state index in [0.717, 1.165) is 0 Å². The van der Waals surface area contributed by atoms with Crippen LogP contribution < -0.4 is 10.6 Å². The third-order valence-electron chi connectivity index (χ3n) is 5.50. The summed E-state index contributed by atoms with van der Waals surface area (Å²) < 4.78 is 0. The molecule has 0 bridgehead atoms. The normalized spacial score (nSPS) is 15.0. The molecule has 2 aromatic rings. The molecule has 1 heterocycles. The highest BCUT2D eigenvalue weighted by molar-refractivity contribution is 6.42. The molecule has 7 nitrogen and oxygen atoms in total. The number of aliphatic hydroxyl groups is 1. The smallest absolute Gasteiger partial charge is 0.251 e. The number of nitrogens with zero attached hydrogens (tertiary/aromatic N) is 1. The van der Waals surface area contributed by atoms with Crippen LogP contribution in [-0.2, 0) is 9.59 Å². The first-order valence-corrected chi connectivity index (χ1v) is 12.1. The van der Waals surface area contributed by atoms with E-state index >= 15 is 0 Å². The van der Waals surface area contributed by atoms with Gasteiger partial charge in [0.15, 0.2) is 0 Å². The minimum absolute atomic E-state index is 0.108. The highest BCUT2D eigenvalue weighted by Crippen LogP contribution is 2.27. The number of rotatable bonds is 7. The van der Waals surface area contributed by atoms with Crippen LogP contribution in [-0.4, -0.2) is 53.4 Å². The Bertz CT molecular complexity index is 1070. The van der Waals surface area contributed by atoms with E-state index in [1.165, 1.54) is 24.3 Å². The maximum Gasteiger partial charge on any atom is 0.251 e. The Hall–Kier alpha value is -2.03. The molecule has 182 valence electrons. The van der Waals surface area contributed by atoms with Gasteiger partial charge in [-0.15, -0.1) is 0 Å². The molecule has 1 atom stereocenters. The van der Waals surface area contributed by atoms with Crippen LogP contribution in [0.4, 0.5) is 0 Å². The van der Waals surface area contributed by atoms with Gasteiger partial charge in [-0.05, 0) is 48.7 Å². The summed E-state index contributed by atoms with van der Waals surface area (Å²) in [6.45, 7) is 0.746. The maximum atomic E-state index is 12.5. The lowest BCUT2D eigenvalue weighted by atomic mass is 10.0. The Labute approximate surface area is 217 Å². The second kappa shape index (κ2) is 12.1. The van der Waals surface area contributed by atoms with Crippen molar-refractivity contribution < 1.29 is 19.5 Å². The molecule has 3 rings (SSSR count). The van der Waals surface area contributed by atoms with Gasteiger partial charge in [0.2, 0.25) is 11.8 Å². The van der Waals surface area contributed by atoms with Crippen molar-refractivity contribution in [1.29, 1.82) is 0 Å². The fourth-order valence-corrected chi connectivity index (χ4v) is 4.18. The molecule has 34 heavy (non-hydrogen) atoms. The van der Waals surface area contributed by atoms with E-state index in [9.17, 15) is 19.5 Å². The molecular formula is C23H23Cl4N3O4. The summed E-state index contributed by atoms with van der Waals surface area (Å²) in [4.78, 5) is 38.7. The summed E-state index contributed by atoms with van der Waals surface area (Å²) in [7, 11) is 0. The van der Waals surface area contributed by atoms with Crippen LogP contribution in [0.3, 0.4) is 0 Å². The Balaban J connectivity index is 1.40. The SMILES string of the molecule is O=C(CC(O)c1ccc(Cl)c(Cl)c1)NC1CCN(C(=O)CNC(=O)c2ccc(Cl)c(Cl)c2)CC1. The number of halogens is 4. The number of nitrogens with one attached hydrogen (secondary N) is 2. The van der Waals surface area contributed by atoms with Gasteiger partial charge < -0.3 is 20.6 Å². The molecule has 0 aliphatic carbocycles. The molecule has 1 aliphatic rings. The number of carbonyl (C=O) groups is 3. The molecule has 1 unspecified atom stereocenters. The van der Waals surface area contributed by atoms with E-state index < -0.39 is 12.0 Å². The lowest BCUT2D eigenvalue weighted by Crippen LogP contribution is -2.49. The van der Waals surface area contributed by atoms with Crippen molar-refractivity contribution in [2.45, 2.75) is 31.4 Å². The number of benzene rings is 2. The molecule has 1 fully saturated rings. The summed E-state index contributed by atoms with van der Waals surface area (Å²) in [5, 5.41) is 17.1. The number of carbonyl (C=O) groups excluding carboxylic acids is 3. The lowest BCUT2D eigenvalue weighted by molar-refractivity contribution is -0.131. The first-order chi connectivity index (χ1) is 16.1. The van der Waals surface area contributed by atoms with E-state index in [2.05, 4.69) is 10.6 Å². The van der Waals surface area contributed by atoms with Gasteiger partial charge in [0, 0.05) is 24.7 Å². The molecule has 0 aromatic heterocycles. The summed E-state index contributed by atoms with van der Waals surface area (Å²) in [5.74, 6) is -0.930. The zero-order valence-corrected chi connectivity index (χ0v) is 21.0. The van der Waals surface area contributed by atoms with Crippen molar-refractivity contribution in [3.05, 3.63) is 67.6 Å². The Morgan fingerprint density at radius 1 is 0.941 bits per heavy atom. The van der Waals surface area contributed by atoms with Crippen molar-refractivity contribution in [1.82, 2.24) is 15.5 Å². The van der Waals surface area contributed by atoms with E-state index in [1.807, 2.05) is 0 Å². The maximum absolute atomic E-state index is 12.5. The van der Waals surface area contributed by atoms with Gasteiger partial charge in [-0.1, -0.05) is 52.5 Å². The number of likely N-dealkylation sites (tertiary alicyclic amines) is 1. The van der Waals surface area contributed by atoms with Crippen molar-refractivity contribution in [2.75, 3.05) is 19.6 Å². The molecule has 1 aliphatic heterocycles. The quantitative estimate of drug-likeness (QED) is 0.483. The third kappa shape index (κ3) is 7.23. The standard InChI is InChI=1S/C23H23Cl4N3O4/c24-16-3-1-13(9-18(16)26)20(31)11-21(32)29-15-5-7-30(8-6-15)22(33)12-28-23(34)14-2-4-17(25)19(27)10-14/h1-4,9-10,15,20,31H,5-8,11-12H2,(H,28,34)(H,29,32). The average molecular weight is 547 g/mol. The topological polar surface area (TPSA) is 98.7 Å². The number of piperidine rings is 1. The second-order valence-corrected chi connectivity index (χ2v) is 9.56. The van der Waals surface area contributed by atoms with Crippen molar-refractivity contribution in [3.8, 4) is 0 Å². The van der Waals surface area contributed by atoms with Gasteiger partial charge in [-0.2, -0.15) is 0 Å². The first kappa shape index (κ1) is 26.6. The highest BCUT2D eigenvalue weighted by atomic mass is 35.5. The van der Waals surface area contributed by atoms with Crippen LogP contribution in [0.2, 0.25) is 20.1 Å². The first-order valence-electron chi connectivity index (χ1n) is 10.6. The minimum atomic E-state index is -1.00. The molecule has 2 aromatic carbocycles. The second-order valence-electron chi connectivity index (χ2n) is 7.93. The minimum Gasteiger partial charge on any atom is -0.388 e. The zero-order chi connectivity index (χ0) is 24.8. The summed E-state index contributed by atoms with van der Waals surface area (Å²) in [6, 6.07) is 9.10. The highest BCUT2D eigenvalue weighted by Gasteiger charge is 2.25. The Kier molecular flexibility index (Phi) is 9.45. The molecule has 0 spiro atoms. The van der Waals surface area contributed by atoms with Gasteiger partial charge in [0.25, 0.3) is 5.91 Å². The third-order valence-corrected chi connectivity index (χ3v) is 6.98. The average Bonchev–Trinajstić information content (AvgIpc) is 2.81. The molecule has 1 saturated heterocycles. The number of hydrogen-bond donors (Lipinski definition) is 3. The van der Waals surface area contributed by atoms with Crippen LogP contribution >= 0.6 is 46.4 Å². The van der Waals surface area contributed by atoms with E-state index in [1.54, 1.807) is 17.0 Å². The van der Waals surface area contributed by atoms with Crippen LogP contribution in [0.25, 0.3) is 0 Å². The van der Waals surface area contributed by atoms with Crippen molar-refractivity contribution in [2.24, 2.45) is 0 Å². The van der Waals surface area contributed by atoms with Gasteiger partial charge in [-0.25, -0.2) is 0 Å². The fourth-order valence-electron chi connectivity index (χ4n) is 3.58. The molecule has 0 saturated carbocycles. The largest absolute Gasteiger partial charge is 0.388 e. The predicted octanol–water partition coefficient (Wildman–Crippen LogP) is 4.26. The number of aliphatic hydroxyl groups excluding tert-OH is 1. The lowest BCUT2D eigenvalue weighted by Gasteiger charge is -2.32. The summed E-state index contributed by atoms with van der Waals surface area (Å²) >= 11 is 23.6. The summed E-state index contributed by atoms with van der Waals surface area (Å²) in [6.07, 6.45) is 0.0237. The molecular weight excluding hydrogens is 524 g/mol. The van der Waals surface area contributed by atoms with Crippen LogP contribution in [0.5, 0.6) is 0 Å². The summed E-state index contributed by atoms with van der Waals surface area (Å²) in [5.41, 5.74) is 0.819. The van der Waals surface area contributed by atoms with Gasteiger partial charge in [0.05, 0.1) is 39.2 Å². The van der Waals surface area contributed by atoms with Gasteiger partial charge in [-0.3, -0.25) is 14.4 Å². The predicted molar refractivity (Wildman–Crippen MR) is 133 cm³/mol. The van der Waals surface area contributed by atoms with E-state index in [-0.39, 0.29) is 35.8 Å². The van der Waals surface area contributed by atoms with Crippen molar-refractivity contribution in [3.63, 3.8) is 0 Å². The van der Waals surface area contributed by atoms with Gasteiger partial charge >= 0.3 is 0 Å². The molecule has 11 heteroatoms. The number of hydrogen-bond acceptors (Lipinski definition) is 4.